The topological polar surface area (TPSA) is 91.1 Å². The van der Waals surface area contributed by atoms with Gasteiger partial charge in [0.25, 0.3) is 0 Å². The van der Waals surface area contributed by atoms with Gasteiger partial charge in [0.2, 0.25) is 5.91 Å². The Hall–Kier alpha value is -1.99. The standard InChI is InChI=1S/C19H28N6O/c20-16(12-14-4-5-17-18(13-14)22-23-21-17)19(26)25-10-6-15(7-11-25)24-8-2-1-3-9-24/h4-5,13,15-16H,1-3,6-12,20H2,(H,21,22,23). The summed E-state index contributed by atoms with van der Waals surface area (Å²) in [4.78, 5) is 17.3. The Morgan fingerprint density at radius 1 is 1.19 bits per heavy atom. The van der Waals surface area contributed by atoms with Crippen molar-refractivity contribution in [3.05, 3.63) is 23.8 Å². The number of aromatic amines is 1. The number of rotatable bonds is 4. The number of nitrogens with one attached hydrogen (secondary N) is 1. The fraction of sp³-hybridized carbons (Fsp3) is 0.632. The summed E-state index contributed by atoms with van der Waals surface area (Å²) in [5.74, 6) is 0.0716. The third-order valence-electron chi connectivity index (χ3n) is 5.85. The van der Waals surface area contributed by atoms with Crippen LogP contribution in [0.1, 0.15) is 37.7 Å². The van der Waals surface area contributed by atoms with Crippen LogP contribution in [0.4, 0.5) is 0 Å². The van der Waals surface area contributed by atoms with Crippen molar-refractivity contribution in [3.8, 4) is 0 Å². The maximum absolute atomic E-state index is 12.8. The summed E-state index contributed by atoms with van der Waals surface area (Å²) in [6.07, 6.45) is 6.68. The van der Waals surface area contributed by atoms with Gasteiger partial charge in [-0.05, 0) is 62.9 Å². The van der Waals surface area contributed by atoms with Gasteiger partial charge in [0.05, 0.1) is 11.6 Å². The van der Waals surface area contributed by atoms with Crippen LogP contribution in [0.15, 0.2) is 18.2 Å². The highest BCUT2D eigenvalue weighted by atomic mass is 16.2. The molecule has 0 aliphatic carbocycles. The predicted molar refractivity (Wildman–Crippen MR) is 101 cm³/mol. The largest absolute Gasteiger partial charge is 0.341 e. The fourth-order valence-corrected chi connectivity index (χ4v) is 4.32. The Bertz CT molecular complexity index is 745. The number of hydrogen-bond donors (Lipinski definition) is 2. The number of fused-ring (bicyclic) bond motifs is 1. The number of carbonyl (C=O) groups is 1. The molecule has 0 saturated carbocycles. The van der Waals surface area contributed by atoms with Crippen molar-refractivity contribution in [2.24, 2.45) is 5.73 Å². The molecule has 2 aliphatic heterocycles. The summed E-state index contributed by atoms with van der Waals surface area (Å²) >= 11 is 0. The highest BCUT2D eigenvalue weighted by molar-refractivity contribution is 5.82. The number of piperidine rings is 2. The van der Waals surface area contributed by atoms with E-state index in [2.05, 4.69) is 20.3 Å². The zero-order chi connectivity index (χ0) is 17.9. The van der Waals surface area contributed by atoms with Gasteiger partial charge in [-0.25, -0.2) is 0 Å². The molecular formula is C19H28N6O. The molecule has 0 radical (unpaired) electrons. The minimum absolute atomic E-state index is 0.0716. The van der Waals surface area contributed by atoms with Crippen LogP contribution in [0.3, 0.4) is 0 Å². The van der Waals surface area contributed by atoms with Crippen LogP contribution >= 0.6 is 0 Å². The maximum Gasteiger partial charge on any atom is 0.239 e. The number of H-pyrrole nitrogens is 1. The molecule has 3 N–H and O–H groups in total. The summed E-state index contributed by atoms with van der Waals surface area (Å²) in [5.41, 5.74) is 8.96. The van der Waals surface area contributed by atoms with Crippen molar-refractivity contribution < 1.29 is 4.79 Å². The molecule has 1 amide bonds. The molecule has 7 nitrogen and oxygen atoms in total. The highest BCUT2D eigenvalue weighted by Crippen LogP contribution is 2.21. The molecule has 1 unspecified atom stereocenters. The van der Waals surface area contributed by atoms with Crippen LogP contribution < -0.4 is 5.73 Å². The van der Waals surface area contributed by atoms with Gasteiger partial charge >= 0.3 is 0 Å². The van der Waals surface area contributed by atoms with Crippen molar-refractivity contribution >= 4 is 16.9 Å². The normalized spacial score (nSPS) is 21.2. The van der Waals surface area contributed by atoms with Crippen molar-refractivity contribution in [1.29, 1.82) is 0 Å². The Balaban J connectivity index is 1.31. The molecule has 2 saturated heterocycles. The van der Waals surface area contributed by atoms with E-state index in [4.69, 9.17) is 5.73 Å². The number of carbonyl (C=O) groups excluding carboxylic acids is 1. The summed E-state index contributed by atoms with van der Waals surface area (Å²) in [6.45, 7) is 4.11. The molecule has 2 aromatic rings. The molecule has 0 bridgehead atoms. The molecule has 1 aromatic carbocycles. The van der Waals surface area contributed by atoms with Gasteiger partial charge in [0, 0.05) is 19.1 Å². The van der Waals surface area contributed by atoms with Crippen molar-refractivity contribution in [1.82, 2.24) is 25.2 Å². The van der Waals surface area contributed by atoms with E-state index < -0.39 is 6.04 Å². The first kappa shape index (κ1) is 17.4. The molecule has 7 heteroatoms. The van der Waals surface area contributed by atoms with Crippen LogP contribution in [-0.4, -0.2) is 69.4 Å². The summed E-state index contributed by atoms with van der Waals surface area (Å²) < 4.78 is 0. The highest BCUT2D eigenvalue weighted by Gasteiger charge is 2.29. The summed E-state index contributed by atoms with van der Waals surface area (Å²) in [6, 6.07) is 6.02. The maximum atomic E-state index is 12.8. The molecule has 2 fully saturated rings. The molecule has 1 atom stereocenters. The number of nitrogens with zero attached hydrogens (tertiary/aromatic N) is 4. The van der Waals surface area contributed by atoms with E-state index in [0.29, 0.717) is 12.5 Å². The molecule has 26 heavy (non-hydrogen) atoms. The molecule has 0 spiro atoms. The fourth-order valence-electron chi connectivity index (χ4n) is 4.32. The van der Waals surface area contributed by atoms with Gasteiger partial charge in [-0.15, -0.1) is 5.10 Å². The molecular weight excluding hydrogens is 328 g/mol. The van der Waals surface area contributed by atoms with E-state index >= 15 is 0 Å². The van der Waals surface area contributed by atoms with Gasteiger partial charge in [0.1, 0.15) is 5.52 Å². The van der Waals surface area contributed by atoms with Crippen LogP contribution in [0.2, 0.25) is 0 Å². The zero-order valence-electron chi connectivity index (χ0n) is 15.2. The van der Waals surface area contributed by atoms with Gasteiger partial charge in [-0.1, -0.05) is 17.7 Å². The van der Waals surface area contributed by atoms with Gasteiger partial charge in [0.15, 0.2) is 0 Å². The van der Waals surface area contributed by atoms with Gasteiger partial charge in [-0.2, -0.15) is 0 Å². The second-order valence-electron chi connectivity index (χ2n) is 7.63. The minimum atomic E-state index is -0.495. The number of hydrogen-bond acceptors (Lipinski definition) is 5. The zero-order valence-corrected chi connectivity index (χ0v) is 15.2. The predicted octanol–water partition coefficient (Wildman–Crippen LogP) is 1.30. The minimum Gasteiger partial charge on any atom is -0.341 e. The first-order valence-corrected chi connectivity index (χ1v) is 9.79. The smallest absolute Gasteiger partial charge is 0.239 e. The van der Waals surface area contributed by atoms with Crippen LogP contribution in [-0.2, 0) is 11.2 Å². The molecule has 2 aliphatic rings. The third kappa shape index (κ3) is 3.73. The van der Waals surface area contributed by atoms with Crippen molar-refractivity contribution in [2.75, 3.05) is 26.2 Å². The Morgan fingerprint density at radius 3 is 2.73 bits per heavy atom. The van der Waals surface area contributed by atoms with Crippen LogP contribution in [0.5, 0.6) is 0 Å². The number of nitrogens with two attached hydrogens (primary N) is 1. The third-order valence-corrected chi connectivity index (χ3v) is 5.85. The number of aromatic nitrogens is 3. The first-order valence-electron chi connectivity index (χ1n) is 9.79. The molecule has 1 aromatic heterocycles. The average molecular weight is 356 g/mol. The monoisotopic (exact) mass is 356 g/mol. The molecule has 3 heterocycles. The number of likely N-dealkylation sites (tertiary alicyclic amines) is 2. The number of amides is 1. The molecule has 140 valence electrons. The molecule has 4 rings (SSSR count). The van der Waals surface area contributed by atoms with E-state index in [1.165, 1.54) is 32.4 Å². The lowest BCUT2D eigenvalue weighted by Crippen LogP contribution is -2.52. The lowest BCUT2D eigenvalue weighted by molar-refractivity contribution is -0.134. The Labute approximate surface area is 153 Å². The summed E-state index contributed by atoms with van der Waals surface area (Å²) in [5, 5.41) is 10.7. The van der Waals surface area contributed by atoms with E-state index in [9.17, 15) is 4.79 Å². The Morgan fingerprint density at radius 2 is 1.96 bits per heavy atom. The first-order chi connectivity index (χ1) is 12.7. The van der Waals surface area contributed by atoms with Crippen LogP contribution in [0, 0.1) is 0 Å². The van der Waals surface area contributed by atoms with E-state index in [0.717, 1.165) is 42.5 Å². The van der Waals surface area contributed by atoms with Gasteiger partial charge < -0.3 is 15.5 Å². The van der Waals surface area contributed by atoms with Crippen molar-refractivity contribution in [2.45, 2.75) is 50.6 Å². The average Bonchev–Trinajstić information content (AvgIpc) is 3.16. The van der Waals surface area contributed by atoms with Gasteiger partial charge in [-0.3, -0.25) is 9.89 Å². The Kier molecular flexibility index (Phi) is 5.17. The SMILES string of the molecule is NC(Cc1ccc2[nH]nnc2c1)C(=O)N1CCC(N2CCCCC2)CC1. The van der Waals surface area contributed by atoms with E-state index in [-0.39, 0.29) is 5.91 Å². The van der Waals surface area contributed by atoms with Crippen LogP contribution in [0.25, 0.3) is 11.0 Å². The quantitative estimate of drug-likeness (QED) is 0.862. The lowest BCUT2D eigenvalue weighted by Gasteiger charge is -2.40. The van der Waals surface area contributed by atoms with Crippen molar-refractivity contribution in [3.63, 3.8) is 0 Å². The van der Waals surface area contributed by atoms with E-state index in [1.807, 2.05) is 23.1 Å². The summed E-state index contributed by atoms with van der Waals surface area (Å²) in [7, 11) is 0. The second-order valence-corrected chi connectivity index (χ2v) is 7.63. The lowest BCUT2D eigenvalue weighted by atomic mass is 9.98. The second kappa shape index (κ2) is 7.72. The van der Waals surface area contributed by atoms with E-state index in [1.54, 1.807) is 0 Å². The number of benzene rings is 1.